The molecule has 2 rings (SSSR count). The van der Waals surface area contributed by atoms with Crippen LogP contribution in [0, 0.1) is 5.82 Å². The fourth-order valence-electron chi connectivity index (χ4n) is 2.14. The van der Waals surface area contributed by atoms with E-state index in [0.29, 0.717) is 18.6 Å². The molecule has 0 unspecified atom stereocenters. The normalized spacial score (nSPS) is 10.2. The smallest absolute Gasteiger partial charge is 0.224 e. The minimum absolute atomic E-state index is 0.0745. The Balaban J connectivity index is 1.92. The largest absolute Gasteiger partial charge is 0.493 e. The number of aromatic nitrogens is 1. The minimum atomic E-state index is -0.569. The number of hydrogen-bond acceptors (Lipinski definition) is 4. The Labute approximate surface area is 134 Å². The van der Waals surface area contributed by atoms with Crippen LogP contribution in [0.25, 0.3) is 0 Å². The average molecular weight is 318 g/mol. The molecule has 1 heterocycles. The quantitative estimate of drug-likeness (QED) is 0.851. The van der Waals surface area contributed by atoms with Gasteiger partial charge in [0, 0.05) is 30.4 Å². The molecule has 2 aromatic rings. The number of ether oxygens (including phenoxy) is 2. The van der Waals surface area contributed by atoms with Gasteiger partial charge in [0.25, 0.3) is 0 Å². The van der Waals surface area contributed by atoms with Gasteiger partial charge in [-0.2, -0.15) is 0 Å². The topological polar surface area (TPSA) is 60.5 Å². The number of aryl methyl sites for hydroxylation is 1. The van der Waals surface area contributed by atoms with E-state index in [9.17, 15) is 9.18 Å². The van der Waals surface area contributed by atoms with Crippen LogP contribution >= 0.6 is 0 Å². The number of anilines is 1. The van der Waals surface area contributed by atoms with Crippen molar-refractivity contribution in [1.82, 2.24) is 4.98 Å². The van der Waals surface area contributed by atoms with Crippen molar-refractivity contribution in [2.24, 2.45) is 0 Å². The highest BCUT2D eigenvalue weighted by Crippen LogP contribution is 2.32. The maximum absolute atomic E-state index is 13.9. The average Bonchev–Trinajstić information content (AvgIpc) is 2.57. The van der Waals surface area contributed by atoms with Crippen LogP contribution in [0.5, 0.6) is 11.5 Å². The maximum atomic E-state index is 13.9. The molecule has 0 aliphatic heterocycles. The molecule has 5 nitrogen and oxygen atoms in total. The van der Waals surface area contributed by atoms with E-state index in [1.807, 2.05) is 18.2 Å². The monoisotopic (exact) mass is 318 g/mol. The van der Waals surface area contributed by atoms with E-state index in [1.165, 1.54) is 26.4 Å². The molecular weight excluding hydrogens is 299 g/mol. The van der Waals surface area contributed by atoms with Gasteiger partial charge in [0.05, 0.1) is 19.9 Å². The number of benzene rings is 1. The summed E-state index contributed by atoms with van der Waals surface area (Å²) in [5, 5.41) is 2.55. The molecule has 0 fully saturated rings. The zero-order chi connectivity index (χ0) is 16.7. The maximum Gasteiger partial charge on any atom is 0.224 e. The van der Waals surface area contributed by atoms with Crippen molar-refractivity contribution < 1.29 is 18.7 Å². The summed E-state index contributed by atoms with van der Waals surface area (Å²) in [6, 6.07) is 8.25. The standard InChI is InChI=1S/C17H19FN2O3/c1-22-15-10-13(18)14(11-16(15)23-2)20-17(21)8-5-7-12-6-3-4-9-19-12/h3-4,6,9-11H,5,7-8H2,1-2H3,(H,20,21). The Bertz CT molecular complexity index is 662. The highest BCUT2D eigenvalue weighted by Gasteiger charge is 2.13. The summed E-state index contributed by atoms with van der Waals surface area (Å²) >= 11 is 0. The molecule has 0 spiro atoms. The zero-order valence-electron chi connectivity index (χ0n) is 13.1. The van der Waals surface area contributed by atoms with Crippen LogP contribution in [-0.2, 0) is 11.2 Å². The highest BCUT2D eigenvalue weighted by atomic mass is 19.1. The lowest BCUT2D eigenvalue weighted by atomic mass is 10.1. The molecule has 0 radical (unpaired) electrons. The number of methoxy groups -OCH3 is 2. The molecule has 23 heavy (non-hydrogen) atoms. The summed E-state index contributed by atoms with van der Waals surface area (Å²) in [6.45, 7) is 0. The van der Waals surface area contributed by atoms with Gasteiger partial charge in [0.2, 0.25) is 5.91 Å². The number of amides is 1. The third-order valence-corrected chi connectivity index (χ3v) is 3.31. The first-order valence-corrected chi connectivity index (χ1v) is 7.25. The lowest BCUT2D eigenvalue weighted by Gasteiger charge is -2.12. The fourth-order valence-corrected chi connectivity index (χ4v) is 2.14. The van der Waals surface area contributed by atoms with E-state index in [1.54, 1.807) is 6.20 Å². The van der Waals surface area contributed by atoms with Crippen LogP contribution < -0.4 is 14.8 Å². The summed E-state index contributed by atoms with van der Waals surface area (Å²) in [5.41, 5.74) is 1.00. The first kappa shape index (κ1) is 16.7. The number of nitrogens with zero attached hydrogens (tertiary/aromatic N) is 1. The summed E-state index contributed by atoms with van der Waals surface area (Å²) in [7, 11) is 2.88. The molecule has 0 saturated carbocycles. The Morgan fingerprint density at radius 3 is 2.61 bits per heavy atom. The van der Waals surface area contributed by atoms with Crippen molar-refractivity contribution >= 4 is 11.6 Å². The lowest BCUT2D eigenvalue weighted by Crippen LogP contribution is -2.13. The molecule has 0 bridgehead atoms. The van der Waals surface area contributed by atoms with E-state index >= 15 is 0 Å². The summed E-state index contributed by atoms with van der Waals surface area (Å²) in [6.07, 6.45) is 3.33. The Morgan fingerprint density at radius 2 is 1.96 bits per heavy atom. The molecule has 1 amide bonds. The molecule has 1 aromatic carbocycles. The Kier molecular flexibility index (Phi) is 5.91. The molecule has 1 aromatic heterocycles. The van der Waals surface area contributed by atoms with Gasteiger partial charge < -0.3 is 14.8 Å². The van der Waals surface area contributed by atoms with Crippen LogP contribution in [0.2, 0.25) is 0 Å². The number of carbonyl (C=O) groups is 1. The Hall–Kier alpha value is -2.63. The molecule has 0 aliphatic carbocycles. The van der Waals surface area contributed by atoms with Crippen molar-refractivity contribution in [1.29, 1.82) is 0 Å². The van der Waals surface area contributed by atoms with Gasteiger partial charge >= 0.3 is 0 Å². The lowest BCUT2D eigenvalue weighted by molar-refractivity contribution is -0.116. The third kappa shape index (κ3) is 4.67. The van der Waals surface area contributed by atoms with Crippen molar-refractivity contribution in [2.45, 2.75) is 19.3 Å². The number of rotatable bonds is 7. The number of pyridine rings is 1. The molecule has 0 saturated heterocycles. The van der Waals surface area contributed by atoms with Crippen LogP contribution in [0.4, 0.5) is 10.1 Å². The van der Waals surface area contributed by atoms with E-state index in [2.05, 4.69) is 10.3 Å². The summed E-state index contributed by atoms with van der Waals surface area (Å²) < 4.78 is 24.0. The van der Waals surface area contributed by atoms with Crippen LogP contribution in [0.15, 0.2) is 36.5 Å². The highest BCUT2D eigenvalue weighted by molar-refractivity contribution is 5.91. The van der Waals surface area contributed by atoms with E-state index in [4.69, 9.17) is 9.47 Å². The van der Waals surface area contributed by atoms with Crippen LogP contribution in [0.1, 0.15) is 18.5 Å². The van der Waals surface area contributed by atoms with Crippen molar-refractivity contribution in [3.05, 3.63) is 48.0 Å². The van der Waals surface area contributed by atoms with Gasteiger partial charge in [-0.15, -0.1) is 0 Å². The van der Waals surface area contributed by atoms with E-state index in [0.717, 1.165) is 5.69 Å². The first-order chi connectivity index (χ1) is 11.1. The van der Waals surface area contributed by atoms with Gasteiger partial charge in [0.15, 0.2) is 17.3 Å². The van der Waals surface area contributed by atoms with Gasteiger partial charge in [-0.1, -0.05) is 6.07 Å². The van der Waals surface area contributed by atoms with Crippen molar-refractivity contribution in [3.63, 3.8) is 0 Å². The van der Waals surface area contributed by atoms with E-state index < -0.39 is 5.82 Å². The molecule has 0 atom stereocenters. The second kappa shape index (κ2) is 8.12. The van der Waals surface area contributed by atoms with Crippen molar-refractivity contribution in [3.8, 4) is 11.5 Å². The number of nitrogens with one attached hydrogen (secondary N) is 1. The molecule has 0 aliphatic rings. The van der Waals surface area contributed by atoms with E-state index in [-0.39, 0.29) is 23.8 Å². The molecule has 122 valence electrons. The third-order valence-electron chi connectivity index (χ3n) is 3.31. The van der Waals surface area contributed by atoms with Gasteiger partial charge in [0.1, 0.15) is 0 Å². The molecular formula is C17H19FN2O3. The van der Waals surface area contributed by atoms with Gasteiger partial charge in [-0.25, -0.2) is 4.39 Å². The molecule has 6 heteroatoms. The van der Waals surface area contributed by atoms with Crippen molar-refractivity contribution in [2.75, 3.05) is 19.5 Å². The van der Waals surface area contributed by atoms with Crippen LogP contribution in [0.3, 0.4) is 0 Å². The zero-order valence-corrected chi connectivity index (χ0v) is 13.1. The van der Waals surface area contributed by atoms with Crippen LogP contribution in [-0.4, -0.2) is 25.1 Å². The fraction of sp³-hybridized carbons (Fsp3) is 0.294. The molecule has 1 N–H and O–H groups in total. The second-order valence-corrected chi connectivity index (χ2v) is 4.91. The summed E-state index contributed by atoms with van der Waals surface area (Å²) in [4.78, 5) is 16.1. The van der Waals surface area contributed by atoms with Gasteiger partial charge in [-0.3, -0.25) is 9.78 Å². The first-order valence-electron chi connectivity index (χ1n) is 7.25. The SMILES string of the molecule is COc1cc(F)c(NC(=O)CCCc2ccccn2)cc1OC. The Morgan fingerprint density at radius 1 is 1.22 bits per heavy atom. The number of halogens is 1. The minimum Gasteiger partial charge on any atom is -0.493 e. The number of carbonyl (C=O) groups excluding carboxylic acids is 1. The summed E-state index contributed by atoms with van der Waals surface area (Å²) in [5.74, 6) is -0.191. The number of hydrogen-bond donors (Lipinski definition) is 1. The van der Waals surface area contributed by atoms with Gasteiger partial charge in [-0.05, 0) is 25.0 Å². The second-order valence-electron chi connectivity index (χ2n) is 4.91. The predicted octanol–water partition coefficient (Wildman–Crippen LogP) is 3.20. The predicted molar refractivity (Wildman–Crippen MR) is 85.3 cm³/mol.